The van der Waals surface area contributed by atoms with Crippen LogP contribution in [-0.2, 0) is 16.1 Å². The molecule has 1 aromatic rings. The van der Waals surface area contributed by atoms with Gasteiger partial charge in [-0.2, -0.15) is 0 Å². The third kappa shape index (κ3) is 3.87. The molecule has 0 aliphatic heterocycles. The van der Waals surface area contributed by atoms with Crippen molar-refractivity contribution in [1.82, 2.24) is 10.1 Å². The number of aryl methyl sites for hydroxylation is 2. The van der Waals surface area contributed by atoms with Crippen LogP contribution >= 0.6 is 0 Å². The highest BCUT2D eigenvalue weighted by atomic mass is 16.5. The number of aliphatic carboxylic acids is 1. The third-order valence-electron chi connectivity index (χ3n) is 2.30. The van der Waals surface area contributed by atoms with Gasteiger partial charge in [0.2, 0.25) is 5.91 Å². The van der Waals surface area contributed by atoms with Crippen LogP contribution in [0.5, 0.6) is 0 Å². The average molecular weight is 241 g/mol. The first kappa shape index (κ1) is 13.2. The summed E-state index contributed by atoms with van der Waals surface area (Å²) in [4.78, 5) is 22.9. The average Bonchev–Trinajstić information content (AvgIpc) is 2.47. The Balaban J connectivity index is 2.78. The van der Waals surface area contributed by atoms with Gasteiger partial charge < -0.3 is 15.4 Å². The Morgan fingerprint density at radius 3 is 2.47 bits per heavy atom. The molecule has 0 saturated heterocycles. The third-order valence-corrected chi connectivity index (χ3v) is 2.30. The molecule has 0 radical (unpaired) electrons. The Bertz CT molecular complexity index is 392. The summed E-state index contributed by atoms with van der Waals surface area (Å²) in [6.45, 7) is 3.40. The highest BCUT2D eigenvalue weighted by Gasteiger charge is 2.17. The van der Waals surface area contributed by atoms with Crippen LogP contribution in [0.2, 0.25) is 0 Å². The molecule has 17 heavy (non-hydrogen) atoms. The summed E-state index contributed by atoms with van der Waals surface area (Å²) in [5.41, 5.74) is 6.53. The van der Waals surface area contributed by atoms with Crippen molar-refractivity contribution in [2.24, 2.45) is 5.73 Å². The molecule has 0 aromatic carbocycles. The summed E-state index contributed by atoms with van der Waals surface area (Å²) in [5.74, 6) is -0.974. The number of nitrogens with zero attached hydrogens (tertiary/aromatic N) is 2. The number of carbonyl (C=O) groups excluding carboxylic acids is 1. The van der Waals surface area contributed by atoms with E-state index in [2.05, 4.69) is 5.16 Å². The van der Waals surface area contributed by atoms with Crippen molar-refractivity contribution >= 4 is 11.9 Å². The summed E-state index contributed by atoms with van der Waals surface area (Å²) in [7, 11) is 0. The SMILES string of the molecule is Cc1noc(C)c1CN(CC(N)=O)CC(=O)O. The van der Waals surface area contributed by atoms with Crippen LogP contribution in [0, 0.1) is 13.8 Å². The Kier molecular flexibility index (Phi) is 4.22. The number of rotatable bonds is 6. The zero-order valence-corrected chi connectivity index (χ0v) is 9.77. The van der Waals surface area contributed by atoms with Gasteiger partial charge in [-0.05, 0) is 13.8 Å². The molecular formula is C10H15N3O4. The number of primary amides is 1. The minimum absolute atomic E-state index is 0.115. The van der Waals surface area contributed by atoms with Gasteiger partial charge in [-0.15, -0.1) is 0 Å². The van der Waals surface area contributed by atoms with Crippen LogP contribution in [-0.4, -0.2) is 40.1 Å². The molecule has 0 atom stereocenters. The minimum Gasteiger partial charge on any atom is -0.480 e. The smallest absolute Gasteiger partial charge is 0.317 e. The zero-order chi connectivity index (χ0) is 13.0. The van der Waals surface area contributed by atoms with E-state index >= 15 is 0 Å². The Morgan fingerprint density at radius 1 is 1.41 bits per heavy atom. The predicted molar refractivity (Wildman–Crippen MR) is 58.1 cm³/mol. The number of carboxylic acids is 1. The number of carbonyl (C=O) groups is 2. The zero-order valence-electron chi connectivity index (χ0n) is 9.77. The Hall–Kier alpha value is -1.89. The predicted octanol–water partition coefficient (Wildman–Crippen LogP) is -0.337. The van der Waals surface area contributed by atoms with Crippen LogP contribution in [0.25, 0.3) is 0 Å². The van der Waals surface area contributed by atoms with E-state index in [-0.39, 0.29) is 19.6 Å². The second-order valence-corrected chi connectivity index (χ2v) is 3.81. The molecule has 7 heteroatoms. The molecule has 0 fully saturated rings. The van der Waals surface area contributed by atoms with Crippen molar-refractivity contribution in [2.45, 2.75) is 20.4 Å². The Labute approximate surface area is 98.2 Å². The lowest BCUT2D eigenvalue weighted by molar-refractivity contribution is -0.138. The second kappa shape index (κ2) is 5.44. The van der Waals surface area contributed by atoms with Crippen LogP contribution in [0.1, 0.15) is 17.0 Å². The summed E-state index contributed by atoms with van der Waals surface area (Å²) in [5, 5.41) is 12.5. The summed E-state index contributed by atoms with van der Waals surface area (Å²) < 4.78 is 4.97. The lowest BCUT2D eigenvalue weighted by Gasteiger charge is -2.17. The number of aromatic nitrogens is 1. The van der Waals surface area contributed by atoms with Gasteiger partial charge in [0.1, 0.15) is 5.76 Å². The van der Waals surface area contributed by atoms with Crippen molar-refractivity contribution < 1.29 is 19.2 Å². The normalized spacial score (nSPS) is 10.8. The topological polar surface area (TPSA) is 110 Å². The monoisotopic (exact) mass is 241 g/mol. The number of hydrogen-bond acceptors (Lipinski definition) is 5. The molecule has 0 aliphatic carbocycles. The molecule has 1 heterocycles. The fraction of sp³-hybridized carbons (Fsp3) is 0.500. The van der Waals surface area contributed by atoms with E-state index in [0.717, 1.165) is 5.56 Å². The number of amides is 1. The first-order valence-electron chi connectivity index (χ1n) is 5.04. The van der Waals surface area contributed by atoms with E-state index in [1.165, 1.54) is 4.90 Å². The molecule has 1 rings (SSSR count). The minimum atomic E-state index is -1.02. The van der Waals surface area contributed by atoms with E-state index in [1.807, 2.05) is 0 Å². The number of nitrogens with two attached hydrogens (primary N) is 1. The van der Waals surface area contributed by atoms with Gasteiger partial charge in [0.05, 0.1) is 18.8 Å². The first-order chi connectivity index (χ1) is 7.90. The Morgan fingerprint density at radius 2 is 2.06 bits per heavy atom. The van der Waals surface area contributed by atoms with Crippen LogP contribution < -0.4 is 5.73 Å². The van der Waals surface area contributed by atoms with Crippen molar-refractivity contribution in [2.75, 3.05) is 13.1 Å². The maximum Gasteiger partial charge on any atom is 0.317 e. The van der Waals surface area contributed by atoms with Gasteiger partial charge in [-0.1, -0.05) is 5.16 Å². The lowest BCUT2D eigenvalue weighted by atomic mass is 10.2. The van der Waals surface area contributed by atoms with Gasteiger partial charge in [0.15, 0.2) is 0 Å². The summed E-state index contributed by atoms with van der Waals surface area (Å²) in [6.07, 6.45) is 0. The number of carboxylic acid groups (broad SMARTS) is 1. The molecule has 94 valence electrons. The first-order valence-corrected chi connectivity index (χ1v) is 5.04. The highest BCUT2D eigenvalue weighted by molar-refractivity contribution is 5.77. The molecule has 3 N–H and O–H groups in total. The second-order valence-electron chi connectivity index (χ2n) is 3.81. The lowest BCUT2D eigenvalue weighted by Crippen LogP contribution is -2.37. The maximum absolute atomic E-state index is 10.8. The molecule has 0 saturated carbocycles. The summed E-state index contributed by atoms with van der Waals surface area (Å²) >= 11 is 0. The van der Waals surface area contributed by atoms with E-state index in [0.29, 0.717) is 11.5 Å². The van der Waals surface area contributed by atoms with Crippen LogP contribution in [0.15, 0.2) is 4.52 Å². The van der Waals surface area contributed by atoms with Crippen molar-refractivity contribution in [3.05, 3.63) is 17.0 Å². The fourth-order valence-electron chi connectivity index (χ4n) is 1.53. The van der Waals surface area contributed by atoms with E-state index in [4.69, 9.17) is 15.4 Å². The fourth-order valence-corrected chi connectivity index (χ4v) is 1.53. The quantitative estimate of drug-likeness (QED) is 0.705. The number of hydrogen-bond donors (Lipinski definition) is 2. The van der Waals surface area contributed by atoms with Gasteiger partial charge in [-0.3, -0.25) is 14.5 Å². The van der Waals surface area contributed by atoms with Crippen molar-refractivity contribution in [3.63, 3.8) is 0 Å². The molecule has 7 nitrogen and oxygen atoms in total. The molecule has 0 aliphatic rings. The molecule has 0 bridgehead atoms. The molecular weight excluding hydrogens is 226 g/mol. The molecule has 0 unspecified atom stereocenters. The van der Waals surface area contributed by atoms with Gasteiger partial charge in [-0.25, -0.2) is 0 Å². The molecule has 1 aromatic heterocycles. The van der Waals surface area contributed by atoms with Crippen molar-refractivity contribution in [3.8, 4) is 0 Å². The van der Waals surface area contributed by atoms with Crippen LogP contribution in [0.3, 0.4) is 0 Å². The van der Waals surface area contributed by atoms with Gasteiger partial charge in [0.25, 0.3) is 0 Å². The molecule has 0 spiro atoms. The standard InChI is InChI=1S/C10H15N3O4/c1-6-8(7(2)17-12-6)3-13(4-9(11)14)5-10(15)16/h3-5H2,1-2H3,(H2,11,14)(H,15,16). The van der Waals surface area contributed by atoms with E-state index in [9.17, 15) is 9.59 Å². The maximum atomic E-state index is 10.8. The van der Waals surface area contributed by atoms with Gasteiger partial charge >= 0.3 is 5.97 Å². The van der Waals surface area contributed by atoms with Gasteiger partial charge in [0, 0.05) is 12.1 Å². The molecule has 1 amide bonds. The van der Waals surface area contributed by atoms with E-state index < -0.39 is 11.9 Å². The van der Waals surface area contributed by atoms with Crippen molar-refractivity contribution in [1.29, 1.82) is 0 Å². The van der Waals surface area contributed by atoms with E-state index in [1.54, 1.807) is 13.8 Å². The largest absolute Gasteiger partial charge is 0.480 e. The van der Waals surface area contributed by atoms with Crippen LogP contribution in [0.4, 0.5) is 0 Å². The summed E-state index contributed by atoms with van der Waals surface area (Å²) in [6, 6.07) is 0. The highest BCUT2D eigenvalue weighted by Crippen LogP contribution is 2.14.